The van der Waals surface area contributed by atoms with Crippen LogP contribution in [0, 0.1) is 0 Å². The van der Waals surface area contributed by atoms with E-state index in [0.717, 1.165) is 31.9 Å². The molecule has 1 unspecified atom stereocenters. The number of pyridine rings is 1. The number of piperazine rings is 1. The molecule has 1 N–H and O–H groups in total. The molecule has 1 fully saturated rings. The second kappa shape index (κ2) is 6.63. The van der Waals surface area contributed by atoms with Crippen molar-refractivity contribution >= 4 is 5.91 Å². The highest BCUT2D eigenvalue weighted by atomic mass is 16.2. The molecule has 5 heteroatoms. The summed E-state index contributed by atoms with van der Waals surface area (Å²) in [7, 11) is 1.84. The third-order valence-corrected chi connectivity index (χ3v) is 3.56. The molecule has 0 spiro atoms. The fraction of sp³-hybridized carbons (Fsp3) is 0.571. The highest BCUT2D eigenvalue weighted by molar-refractivity contribution is 5.81. The van der Waals surface area contributed by atoms with E-state index in [2.05, 4.69) is 15.2 Å². The van der Waals surface area contributed by atoms with Crippen molar-refractivity contribution in [3.63, 3.8) is 0 Å². The highest BCUT2D eigenvalue weighted by Crippen LogP contribution is 2.07. The summed E-state index contributed by atoms with van der Waals surface area (Å²) in [4.78, 5) is 20.6. The van der Waals surface area contributed by atoms with Crippen LogP contribution in [0.15, 0.2) is 24.4 Å². The first-order valence-electron chi connectivity index (χ1n) is 6.78. The van der Waals surface area contributed by atoms with Crippen LogP contribution in [0.25, 0.3) is 0 Å². The number of likely N-dealkylation sites (N-methyl/N-ethyl adjacent to an activating group) is 1. The van der Waals surface area contributed by atoms with Crippen LogP contribution in [-0.4, -0.2) is 60.0 Å². The second-order valence-electron chi connectivity index (χ2n) is 4.98. The lowest BCUT2D eigenvalue weighted by molar-refractivity contribution is -0.135. The monoisotopic (exact) mass is 262 g/mol. The van der Waals surface area contributed by atoms with E-state index in [0.29, 0.717) is 6.54 Å². The van der Waals surface area contributed by atoms with E-state index in [9.17, 15) is 4.79 Å². The normalized spacial score (nSPS) is 18.0. The fourth-order valence-corrected chi connectivity index (χ4v) is 2.36. The van der Waals surface area contributed by atoms with Crippen molar-refractivity contribution in [1.29, 1.82) is 0 Å². The number of carbonyl (C=O) groups excluding carboxylic acids is 1. The Bertz CT molecular complexity index is 403. The number of hydrogen-bond donors (Lipinski definition) is 1. The van der Waals surface area contributed by atoms with Crippen molar-refractivity contribution in [2.24, 2.45) is 0 Å². The molecule has 0 radical (unpaired) electrons. The number of aromatic nitrogens is 1. The van der Waals surface area contributed by atoms with Crippen LogP contribution in [0.3, 0.4) is 0 Å². The highest BCUT2D eigenvalue weighted by Gasteiger charge is 2.25. The average molecular weight is 262 g/mol. The van der Waals surface area contributed by atoms with Gasteiger partial charge in [-0.15, -0.1) is 0 Å². The van der Waals surface area contributed by atoms with E-state index in [1.54, 1.807) is 11.1 Å². The van der Waals surface area contributed by atoms with E-state index in [-0.39, 0.29) is 11.9 Å². The predicted octanol–water partition coefficient (Wildman–Crippen LogP) is 0.334. The quantitative estimate of drug-likeness (QED) is 0.850. The number of nitrogens with one attached hydrogen (secondary N) is 1. The van der Waals surface area contributed by atoms with E-state index < -0.39 is 0 Å². The van der Waals surface area contributed by atoms with Crippen LogP contribution in [0.2, 0.25) is 0 Å². The minimum atomic E-state index is -0.0594. The van der Waals surface area contributed by atoms with Gasteiger partial charge in [-0.3, -0.25) is 14.7 Å². The van der Waals surface area contributed by atoms with Crippen molar-refractivity contribution < 1.29 is 4.79 Å². The van der Waals surface area contributed by atoms with Crippen LogP contribution in [-0.2, 0) is 11.3 Å². The van der Waals surface area contributed by atoms with Gasteiger partial charge in [0.05, 0.1) is 18.3 Å². The Labute approximate surface area is 114 Å². The number of nitrogens with zero attached hydrogens (tertiary/aromatic N) is 3. The van der Waals surface area contributed by atoms with E-state index in [1.165, 1.54) is 0 Å². The maximum absolute atomic E-state index is 12.4. The number of rotatable bonds is 4. The van der Waals surface area contributed by atoms with Crippen molar-refractivity contribution in [3.05, 3.63) is 30.1 Å². The summed E-state index contributed by atoms with van der Waals surface area (Å²) in [6, 6.07) is 5.71. The maximum Gasteiger partial charge on any atom is 0.239 e. The van der Waals surface area contributed by atoms with Crippen molar-refractivity contribution in [3.8, 4) is 0 Å². The summed E-state index contributed by atoms with van der Waals surface area (Å²) in [5, 5.41) is 3.30. The van der Waals surface area contributed by atoms with Gasteiger partial charge in [0.1, 0.15) is 0 Å². The van der Waals surface area contributed by atoms with Crippen molar-refractivity contribution in [2.45, 2.75) is 19.5 Å². The molecule has 0 aromatic carbocycles. The van der Waals surface area contributed by atoms with Gasteiger partial charge < -0.3 is 10.2 Å². The van der Waals surface area contributed by atoms with Gasteiger partial charge >= 0.3 is 0 Å². The van der Waals surface area contributed by atoms with Crippen molar-refractivity contribution in [1.82, 2.24) is 20.1 Å². The molecule has 0 saturated carbocycles. The topological polar surface area (TPSA) is 48.5 Å². The summed E-state index contributed by atoms with van der Waals surface area (Å²) < 4.78 is 0. The zero-order chi connectivity index (χ0) is 13.7. The lowest BCUT2D eigenvalue weighted by atomic mass is 10.2. The van der Waals surface area contributed by atoms with Crippen LogP contribution >= 0.6 is 0 Å². The molecule has 19 heavy (non-hydrogen) atoms. The van der Waals surface area contributed by atoms with Crippen molar-refractivity contribution in [2.75, 3.05) is 33.2 Å². The Morgan fingerprint density at radius 1 is 1.47 bits per heavy atom. The largest absolute Gasteiger partial charge is 0.339 e. The van der Waals surface area contributed by atoms with Gasteiger partial charge in [-0.25, -0.2) is 0 Å². The molecule has 2 rings (SSSR count). The van der Waals surface area contributed by atoms with Gasteiger partial charge in [-0.05, 0) is 19.1 Å². The summed E-state index contributed by atoms with van der Waals surface area (Å²) in [5.74, 6) is 0.160. The Balaban J connectivity index is 1.90. The molecular weight excluding hydrogens is 240 g/mol. The standard InChI is InChI=1S/C14H22N4O/c1-12(18-9-7-15-8-10-18)14(19)17(2)11-13-5-3-4-6-16-13/h3-6,12,15H,7-11H2,1-2H3. The smallest absolute Gasteiger partial charge is 0.239 e. The zero-order valence-corrected chi connectivity index (χ0v) is 11.7. The van der Waals surface area contributed by atoms with Gasteiger partial charge in [0.15, 0.2) is 0 Å². The number of carbonyl (C=O) groups is 1. The number of amides is 1. The van der Waals surface area contributed by atoms with Gasteiger partial charge in [0.25, 0.3) is 0 Å². The van der Waals surface area contributed by atoms with Gasteiger partial charge in [-0.2, -0.15) is 0 Å². The third-order valence-electron chi connectivity index (χ3n) is 3.56. The Kier molecular flexibility index (Phi) is 4.87. The molecule has 1 aromatic heterocycles. The Hall–Kier alpha value is -1.46. The molecule has 0 bridgehead atoms. The zero-order valence-electron chi connectivity index (χ0n) is 11.7. The summed E-state index contributed by atoms with van der Waals surface area (Å²) in [6.45, 7) is 6.34. The molecule has 1 aromatic rings. The third kappa shape index (κ3) is 3.75. The summed E-state index contributed by atoms with van der Waals surface area (Å²) >= 11 is 0. The lowest BCUT2D eigenvalue weighted by Crippen LogP contribution is -2.52. The molecule has 1 aliphatic rings. The first-order valence-corrected chi connectivity index (χ1v) is 6.78. The minimum Gasteiger partial charge on any atom is -0.339 e. The molecule has 5 nitrogen and oxygen atoms in total. The van der Waals surface area contributed by atoms with E-state index >= 15 is 0 Å². The van der Waals surface area contributed by atoms with Gasteiger partial charge in [0, 0.05) is 39.4 Å². The van der Waals surface area contributed by atoms with Crippen LogP contribution in [0.5, 0.6) is 0 Å². The Morgan fingerprint density at radius 3 is 2.84 bits per heavy atom. The van der Waals surface area contributed by atoms with Crippen LogP contribution in [0.1, 0.15) is 12.6 Å². The van der Waals surface area contributed by atoms with Crippen LogP contribution in [0.4, 0.5) is 0 Å². The maximum atomic E-state index is 12.4. The van der Waals surface area contributed by atoms with E-state index in [4.69, 9.17) is 0 Å². The van der Waals surface area contributed by atoms with Gasteiger partial charge in [-0.1, -0.05) is 6.07 Å². The molecule has 1 atom stereocenters. The predicted molar refractivity (Wildman–Crippen MR) is 74.6 cm³/mol. The minimum absolute atomic E-state index is 0.0594. The number of hydrogen-bond acceptors (Lipinski definition) is 4. The Morgan fingerprint density at radius 2 is 2.21 bits per heavy atom. The SMILES string of the molecule is CC(C(=O)N(C)Cc1ccccn1)N1CCNCC1. The first-order chi connectivity index (χ1) is 9.18. The fourth-order valence-electron chi connectivity index (χ4n) is 2.36. The van der Waals surface area contributed by atoms with Crippen LogP contribution < -0.4 is 5.32 Å². The molecule has 0 aliphatic carbocycles. The summed E-state index contributed by atoms with van der Waals surface area (Å²) in [5.41, 5.74) is 0.922. The molecule has 1 amide bonds. The first kappa shape index (κ1) is 14.0. The molecule has 2 heterocycles. The average Bonchev–Trinajstić information content (AvgIpc) is 2.47. The van der Waals surface area contributed by atoms with E-state index in [1.807, 2.05) is 32.2 Å². The van der Waals surface area contributed by atoms with Gasteiger partial charge in [0.2, 0.25) is 5.91 Å². The molecule has 1 saturated heterocycles. The second-order valence-corrected chi connectivity index (χ2v) is 4.98. The summed E-state index contributed by atoms with van der Waals surface area (Å²) in [6.07, 6.45) is 1.76. The lowest BCUT2D eigenvalue weighted by Gasteiger charge is -2.33. The molecule has 1 aliphatic heterocycles. The molecular formula is C14H22N4O. The molecule has 104 valence electrons.